The van der Waals surface area contributed by atoms with Gasteiger partial charge in [-0.15, -0.1) is 11.3 Å². The average molecular weight is 310 g/mol. The van der Waals surface area contributed by atoms with Crippen LogP contribution in [0.25, 0.3) is 0 Å². The highest BCUT2D eigenvalue weighted by molar-refractivity contribution is 7.14. The summed E-state index contributed by atoms with van der Waals surface area (Å²) in [4.78, 5) is 16.6. The molecule has 0 amide bonds. The lowest BCUT2D eigenvalue weighted by Gasteiger charge is -2.10. The third kappa shape index (κ3) is 3.60. The van der Waals surface area contributed by atoms with E-state index in [-0.39, 0.29) is 16.9 Å². The monoisotopic (exact) mass is 310 g/mol. The molecule has 0 saturated heterocycles. The van der Waals surface area contributed by atoms with Crippen molar-refractivity contribution in [2.75, 3.05) is 0 Å². The summed E-state index contributed by atoms with van der Waals surface area (Å²) >= 11 is 1.22. The second kappa shape index (κ2) is 5.85. The number of carbonyl (C=O) groups is 1. The fourth-order valence-electron chi connectivity index (χ4n) is 1.61. The Morgan fingerprint density at radius 3 is 2.71 bits per heavy atom. The van der Waals surface area contributed by atoms with Gasteiger partial charge in [-0.05, 0) is 12.5 Å². The van der Waals surface area contributed by atoms with E-state index in [0.717, 1.165) is 11.3 Å². The smallest absolute Gasteiger partial charge is 0.349 e. The van der Waals surface area contributed by atoms with Crippen LogP contribution in [0.5, 0.6) is 5.75 Å². The summed E-state index contributed by atoms with van der Waals surface area (Å²) in [7, 11) is 0. The fraction of sp³-hybridized carbons (Fsp3) is 0.500. The Morgan fingerprint density at radius 2 is 2.19 bits per heavy atom. The summed E-state index contributed by atoms with van der Waals surface area (Å²) in [6.45, 7) is 7.98. The van der Waals surface area contributed by atoms with Gasteiger partial charge in [0, 0.05) is 10.3 Å². The molecule has 0 atom stereocenters. The number of hydrogen-bond acceptors (Lipinski definition) is 6. The van der Waals surface area contributed by atoms with E-state index in [4.69, 9.17) is 14.4 Å². The predicted molar refractivity (Wildman–Crippen MR) is 78.0 cm³/mol. The summed E-state index contributed by atoms with van der Waals surface area (Å²) in [6, 6.07) is 1.75. The van der Waals surface area contributed by atoms with Gasteiger partial charge >= 0.3 is 5.97 Å². The molecule has 21 heavy (non-hydrogen) atoms. The van der Waals surface area contributed by atoms with Gasteiger partial charge in [0.05, 0.1) is 0 Å². The van der Waals surface area contributed by atoms with Gasteiger partial charge in [0.25, 0.3) is 5.89 Å². The van der Waals surface area contributed by atoms with Crippen molar-refractivity contribution in [2.24, 2.45) is 0 Å². The Morgan fingerprint density at radius 1 is 1.48 bits per heavy atom. The molecule has 0 aliphatic carbocycles. The maximum atomic E-state index is 11.2. The molecule has 2 aromatic rings. The Labute approximate surface area is 126 Å². The molecule has 0 aromatic carbocycles. The molecule has 0 bridgehead atoms. The molecule has 0 saturated carbocycles. The highest BCUT2D eigenvalue weighted by Gasteiger charge is 2.22. The third-order valence-corrected chi connectivity index (χ3v) is 4.03. The Kier molecular flexibility index (Phi) is 4.32. The summed E-state index contributed by atoms with van der Waals surface area (Å²) in [5.41, 5.74) is -0.203. The second-order valence-electron chi connectivity index (χ2n) is 5.62. The van der Waals surface area contributed by atoms with Crippen molar-refractivity contribution in [1.29, 1.82) is 0 Å². The Balaban J connectivity index is 2.11. The van der Waals surface area contributed by atoms with E-state index in [1.807, 2.05) is 27.7 Å². The van der Waals surface area contributed by atoms with E-state index in [0.29, 0.717) is 17.5 Å². The van der Waals surface area contributed by atoms with E-state index in [9.17, 15) is 4.79 Å². The first-order valence-corrected chi connectivity index (χ1v) is 7.44. The minimum atomic E-state index is -0.990. The second-order valence-corrected chi connectivity index (χ2v) is 6.75. The van der Waals surface area contributed by atoms with E-state index >= 15 is 0 Å². The van der Waals surface area contributed by atoms with Crippen molar-refractivity contribution in [3.63, 3.8) is 0 Å². The maximum absolute atomic E-state index is 11.2. The molecule has 0 fully saturated rings. The van der Waals surface area contributed by atoms with Crippen LogP contribution in [0.2, 0.25) is 0 Å². The van der Waals surface area contributed by atoms with Crippen LogP contribution >= 0.6 is 11.3 Å². The zero-order valence-electron chi connectivity index (χ0n) is 12.5. The largest absolute Gasteiger partial charge is 0.482 e. The van der Waals surface area contributed by atoms with Gasteiger partial charge in [0.15, 0.2) is 17.3 Å². The minimum absolute atomic E-state index is 0.0588. The van der Waals surface area contributed by atoms with Crippen LogP contribution in [0, 0.1) is 0 Å². The quantitative estimate of drug-likeness (QED) is 0.912. The zero-order valence-corrected chi connectivity index (χ0v) is 13.3. The average Bonchev–Trinajstić information content (AvgIpc) is 3.02. The number of nitrogens with zero attached hydrogens (tertiary/aromatic N) is 2. The Hall–Kier alpha value is -1.89. The molecule has 1 N–H and O–H groups in total. The molecular formula is C14H18N2O4S. The highest BCUT2D eigenvalue weighted by atomic mass is 32.1. The number of aryl methyl sites for hydroxylation is 1. The number of carboxylic acids is 1. The number of rotatable bonds is 5. The molecule has 2 rings (SSSR count). The van der Waals surface area contributed by atoms with Gasteiger partial charge in [-0.25, -0.2) is 4.79 Å². The predicted octanol–water partition coefficient (Wildman–Crippen LogP) is 3.27. The standard InChI is InChI=1S/C14H18N2O4S/c1-5-8-6-9(11(21-8)12(17)18)19-7-10-15-13(16-20-10)14(2,3)4/h6H,5,7H2,1-4H3,(H,17,18). The fourth-order valence-corrected chi connectivity index (χ4v) is 2.49. The molecule has 0 unspecified atom stereocenters. The van der Waals surface area contributed by atoms with Crippen LogP contribution in [-0.2, 0) is 18.4 Å². The molecule has 0 spiro atoms. The minimum Gasteiger partial charge on any atom is -0.482 e. The number of thiophene rings is 1. The topological polar surface area (TPSA) is 85.5 Å². The Bertz CT molecular complexity index is 640. The zero-order chi connectivity index (χ0) is 15.6. The number of aromatic carboxylic acids is 1. The van der Waals surface area contributed by atoms with Crippen molar-refractivity contribution in [3.05, 3.63) is 27.5 Å². The number of hydrogen-bond donors (Lipinski definition) is 1. The van der Waals surface area contributed by atoms with Gasteiger partial charge in [-0.3, -0.25) is 0 Å². The lowest BCUT2D eigenvalue weighted by molar-refractivity contribution is 0.0697. The maximum Gasteiger partial charge on any atom is 0.349 e. The van der Waals surface area contributed by atoms with Crippen molar-refractivity contribution < 1.29 is 19.2 Å². The summed E-state index contributed by atoms with van der Waals surface area (Å²) in [6.07, 6.45) is 0.767. The van der Waals surface area contributed by atoms with Crippen LogP contribution in [-0.4, -0.2) is 21.2 Å². The summed E-state index contributed by atoms with van der Waals surface area (Å²) in [5, 5.41) is 13.1. The van der Waals surface area contributed by atoms with Gasteiger partial charge in [0.1, 0.15) is 5.75 Å². The van der Waals surface area contributed by atoms with Crippen LogP contribution in [0.4, 0.5) is 0 Å². The molecule has 2 aromatic heterocycles. The summed E-state index contributed by atoms with van der Waals surface area (Å²) < 4.78 is 10.6. The molecule has 7 heteroatoms. The molecule has 114 valence electrons. The third-order valence-electron chi connectivity index (χ3n) is 2.78. The highest BCUT2D eigenvalue weighted by Crippen LogP contribution is 2.30. The van der Waals surface area contributed by atoms with Gasteiger partial charge in [-0.1, -0.05) is 32.9 Å². The van der Waals surface area contributed by atoms with E-state index in [1.54, 1.807) is 6.07 Å². The molecule has 2 heterocycles. The lowest BCUT2D eigenvalue weighted by Crippen LogP contribution is -2.13. The van der Waals surface area contributed by atoms with E-state index < -0.39 is 5.97 Å². The normalized spacial score (nSPS) is 11.6. The number of aromatic nitrogens is 2. The van der Waals surface area contributed by atoms with Gasteiger partial charge < -0.3 is 14.4 Å². The number of ether oxygens (including phenoxy) is 1. The first kappa shape index (κ1) is 15.5. The van der Waals surface area contributed by atoms with Crippen molar-refractivity contribution in [3.8, 4) is 5.75 Å². The molecule has 0 radical (unpaired) electrons. The molecule has 0 aliphatic rings. The SMILES string of the molecule is CCc1cc(OCc2nc(C(C)(C)C)no2)c(C(=O)O)s1. The molecule has 6 nitrogen and oxygen atoms in total. The van der Waals surface area contributed by atoms with Gasteiger partial charge in [0.2, 0.25) is 0 Å². The van der Waals surface area contributed by atoms with Crippen molar-refractivity contribution >= 4 is 17.3 Å². The van der Waals surface area contributed by atoms with Crippen LogP contribution in [0.1, 0.15) is 54.0 Å². The molecule has 0 aliphatic heterocycles. The van der Waals surface area contributed by atoms with E-state index in [1.165, 1.54) is 11.3 Å². The van der Waals surface area contributed by atoms with Crippen LogP contribution < -0.4 is 4.74 Å². The van der Waals surface area contributed by atoms with Gasteiger partial charge in [-0.2, -0.15) is 4.98 Å². The summed E-state index contributed by atoms with van der Waals surface area (Å²) in [5.74, 6) is 0.287. The first-order valence-electron chi connectivity index (χ1n) is 6.63. The van der Waals surface area contributed by atoms with Crippen LogP contribution in [0.15, 0.2) is 10.6 Å². The first-order chi connectivity index (χ1) is 9.81. The van der Waals surface area contributed by atoms with Crippen molar-refractivity contribution in [1.82, 2.24) is 10.1 Å². The number of carboxylic acid groups (broad SMARTS) is 1. The van der Waals surface area contributed by atoms with Crippen molar-refractivity contribution in [2.45, 2.75) is 46.1 Å². The lowest BCUT2D eigenvalue weighted by atomic mass is 9.96. The molecular weight excluding hydrogens is 292 g/mol. The van der Waals surface area contributed by atoms with Crippen LogP contribution in [0.3, 0.4) is 0 Å². The van der Waals surface area contributed by atoms with E-state index in [2.05, 4.69) is 10.1 Å².